The Morgan fingerprint density at radius 1 is 0.882 bits per heavy atom. The van der Waals surface area contributed by atoms with E-state index in [0.717, 1.165) is 15.7 Å². The number of nitrogens with zero attached hydrogens (tertiary/aromatic N) is 2. The number of amides is 1. The highest BCUT2D eigenvalue weighted by Gasteiger charge is 2.19. The summed E-state index contributed by atoms with van der Waals surface area (Å²) in [5.41, 5.74) is 2.30. The van der Waals surface area contributed by atoms with Crippen LogP contribution in [-0.2, 0) is 11.3 Å². The number of benzene rings is 3. The maximum Gasteiger partial charge on any atom is 0.336 e. The molecule has 0 radical (unpaired) electrons. The number of aryl methyl sites for hydroxylation is 2. The molecule has 0 aliphatic carbocycles. The number of hydrogen-bond donors (Lipinski definition) is 1. The lowest BCUT2D eigenvalue weighted by Crippen LogP contribution is -2.40. The largest absolute Gasteiger partial charge is 0.493 e. The highest BCUT2D eigenvalue weighted by molar-refractivity contribution is 5.92. The quantitative estimate of drug-likeness (QED) is 0.477. The summed E-state index contributed by atoms with van der Waals surface area (Å²) in [4.78, 5) is 39.9. The second-order valence-corrected chi connectivity index (χ2v) is 7.92. The molecule has 1 N–H and O–H groups in total. The summed E-state index contributed by atoms with van der Waals surface area (Å²) in [6.45, 7) is 3.64. The summed E-state index contributed by atoms with van der Waals surface area (Å²) in [7, 11) is 2.93. The predicted molar refractivity (Wildman–Crippen MR) is 131 cm³/mol. The Hall–Kier alpha value is -4.33. The molecule has 34 heavy (non-hydrogen) atoms. The van der Waals surface area contributed by atoms with Gasteiger partial charge in [-0.1, -0.05) is 24.3 Å². The Bertz CT molecular complexity index is 1500. The minimum absolute atomic E-state index is 0.222. The number of methoxy groups -OCH3 is 2. The lowest BCUT2D eigenvalue weighted by atomic mass is 10.1. The molecule has 0 fully saturated rings. The van der Waals surface area contributed by atoms with Crippen LogP contribution in [0.25, 0.3) is 16.6 Å². The molecule has 0 saturated carbocycles. The molecule has 0 aliphatic rings. The fourth-order valence-corrected chi connectivity index (χ4v) is 3.81. The van der Waals surface area contributed by atoms with E-state index in [9.17, 15) is 14.4 Å². The summed E-state index contributed by atoms with van der Waals surface area (Å²) in [6.07, 6.45) is 0. The van der Waals surface area contributed by atoms with Gasteiger partial charge in [0.1, 0.15) is 6.54 Å². The molecule has 8 heteroatoms. The molecule has 0 unspecified atom stereocenters. The number of ether oxygens (including phenoxy) is 2. The van der Waals surface area contributed by atoms with Gasteiger partial charge < -0.3 is 14.8 Å². The summed E-state index contributed by atoms with van der Waals surface area (Å²) in [5.74, 6) is 0.283. The molecular weight excluding hydrogens is 434 g/mol. The molecule has 174 valence electrons. The first-order valence-electron chi connectivity index (χ1n) is 10.7. The van der Waals surface area contributed by atoms with Crippen LogP contribution in [0.15, 0.2) is 70.3 Å². The third kappa shape index (κ3) is 4.17. The first-order chi connectivity index (χ1) is 16.3. The number of carbonyl (C=O) groups excluding carboxylic acids is 1. The number of fused-ring (bicyclic) bond motifs is 1. The highest BCUT2D eigenvalue weighted by atomic mass is 16.5. The van der Waals surface area contributed by atoms with Gasteiger partial charge in [0, 0.05) is 11.8 Å². The molecule has 0 saturated heterocycles. The summed E-state index contributed by atoms with van der Waals surface area (Å²) >= 11 is 0. The number of carbonyl (C=O) groups is 1. The van der Waals surface area contributed by atoms with Crippen LogP contribution >= 0.6 is 0 Å². The number of aromatic nitrogens is 2. The van der Waals surface area contributed by atoms with Crippen molar-refractivity contribution in [3.05, 3.63) is 92.6 Å². The monoisotopic (exact) mass is 459 g/mol. The number of rotatable bonds is 6. The van der Waals surface area contributed by atoms with Crippen LogP contribution in [-0.4, -0.2) is 29.3 Å². The van der Waals surface area contributed by atoms with Crippen LogP contribution in [0.4, 0.5) is 5.69 Å². The maximum atomic E-state index is 13.5. The standard InChI is InChI=1S/C26H25N3O5/c1-16-10-11-18(12-17(16)2)27-24(30)15-28-21-14-23(34-4)22(33-3)13-20(21)25(31)29(26(28)32)19-8-6-5-7-9-19/h5-14H,15H2,1-4H3,(H,27,30). The van der Waals surface area contributed by atoms with Crippen LogP contribution in [0.1, 0.15) is 11.1 Å². The molecule has 8 nitrogen and oxygen atoms in total. The van der Waals surface area contributed by atoms with E-state index in [0.29, 0.717) is 22.9 Å². The fourth-order valence-electron chi connectivity index (χ4n) is 3.81. The van der Waals surface area contributed by atoms with Gasteiger partial charge in [0.25, 0.3) is 5.56 Å². The van der Waals surface area contributed by atoms with Gasteiger partial charge in [-0.05, 0) is 55.3 Å². The van der Waals surface area contributed by atoms with E-state index in [-0.39, 0.29) is 17.4 Å². The Balaban J connectivity index is 1.89. The van der Waals surface area contributed by atoms with Gasteiger partial charge in [-0.15, -0.1) is 0 Å². The molecule has 0 aliphatic heterocycles. The molecule has 0 spiro atoms. The number of nitrogens with one attached hydrogen (secondary N) is 1. The molecule has 0 atom stereocenters. The average Bonchev–Trinajstić information content (AvgIpc) is 2.84. The van der Waals surface area contributed by atoms with Crippen LogP contribution in [0.2, 0.25) is 0 Å². The first-order valence-corrected chi connectivity index (χ1v) is 10.7. The summed E-state index contributed by atoms with van der Waals surface area (Å²) in [6, 6.07) is 17.2. The first kappa shape index (κ1) is 22.8. The van der Waals surface area contributed by atoms with Crippen LogP contribution < -0.4 is 26.0 Å². The van der Waals surface area contributed by atoms with E-state index in [2.05, 4.69) is 5.32 Å². The lowest BCUT2D eigenvalue weighted by Gasteiger charge is -2.16. The van der Waals surface area contributed by atoms with Gasteiger partial charge in [-0.3, -0.25) is 14.2 Å². The van der Waals surface area contributed by atoms with Crippen LogP contribution in [0, 0.1) is 13.8 Å². The minimum atomic E-state index is -0.633. The van der Waals surface area contributed by atoms with Crippen LogP contribution in [0.3, 0.4) is 0 Å². The van der Waals surface area contributed by atoms with E-state index in [1.54, 1.807) is 36.4 Å². The van der Waals surface area contributed by atoms with Gasteiger partial charge >= 0.3 is 5.69 Å². The minimum Gasteiger partial charge on any atom is -0.493 e. The van der Waals surface area contributed by atoms with Gasteiger partial charge in [0.2, 0.25) is 5.91 Å². The maximum absolute atomic E-state index is 13.5. The van der Waals surface area contributed by atoms with Gasteiger partial charge in [0.15, 0.2) is 11.5 Å². The number of hydrogen-bond acceptors (Lipinski definition) is 5. The van der Waals surface area contributed by atoms with Crippen molar-refractivity contribution >= 4 is 22.5 Å². The third-order valence-electron chi connectivity index (χ3n) is 5.76. The Morgan fingerprint density at radius 3 is 2.21 bits per heavy atom. The molecular formula is C26H25N3O5. The van der Waals surface area contributed by atoms with Crippen molar-refractivity contribution in [2.75, 3.05) is 19.5 Å². The van der Waals surface area contributed by atoms with Crippen molar-refractivity contribution in [2.45, 2.75) is 20.4 Å². The van der Waals surface area contributed by atoms with Crippen molar-refractivity contribution in [3.8, 4) is 17.2 Å². The molecule has 1 heterocycles. The zero-order valence-electron chi connectivity index (χ0n) is 19.4. The van der Waals surface area contributed by atoms with Crippen molar-refractivity contribution in [1.29, 1.82) is 0 Å². The zero-order chi connectivity index (χ0) is 24.4. The second kappa shape index (κ2) is 9.27. The second-order valence-electron chi connectivity index (χ2n) is 7.92. The van der Waals surface area contributed by atoms with Gasteiger partial charge in [-0.25, -0.2) is 9.36 Å². The summed E-state index contributed by atoms with van der Waals surface area (Å²) in [5, 5.41) is 3.06. The highest BCUT2D eigenvalue weighted by Crippen LogP contribution is 2.30. The van der Waals surface area contributed by atoms with Crippen molar-refractivity contribution < 1.29 is 14.3 Å². The molecule has 0 bridgehead atoms. The lowest BCUT2D eigenvalue weighted by molar-refractivity contribution is -0.116. The van der Waals surface area contributed by atoms with Crippen molar-refractivity contribution in [3.63, 3.8) is 0 Å². The Kier molecular flexibility index (Phi) is 6.23. The SMILES string of the molecule is COc1cc2c(=O)n(-c3ccccc3)c(=O)n(CC(=O)Nc3ccc(C)c(C)c3)c2cc1OC. The van der Waals surface area contributed by atoms with E-state index < -0.39 is 17.2 Å². The van der Waals surface area contributed by atoms with E-state index in [1.807, 2.05) is 26.0 Å². The average molecular weight is 460 g/mol. The summed E-state index contributed by atoms with van der Waals surface area (Å²) < 4.78 is 13.0. The molecule has 3 aromatic carbocycles. The van der Waals surface area contributed by atoms with E-state index in [1.165, 1.54) is 30.9 Å². The predicted octanol–water partition coefficient (Wildman–Crippen LogP) is 3.43. The normalized spacial score (nSPS) is 10.8. The van der Waals surface area contributed by atoms with Crippen molar-refractivity contribution in [1.82, 2.24) is 9.13 Å². The fraction of sp³-hybridized carbons (Fsp3) is 0.192. The number of para-hydroxylation sites is 1. The third-order valence-corrected chi connectivity index (χ3v) is 5.76. The van der Waals surface area contributed by atoms with Crippen molar-refractivity contribution in [2.24, 2.45) is 0 Å². The van der Waals surface area contributed by atoms with Gasteiger partial charge in [0.05, 0.1) is 30.8 Å². The molecule has 4 aromatic rings. The van der Waals surface area contributed by atoms with Crippen LogP contribution in [0.5, 0.6) is 11.5 Å². The molecule has 1 amide bonds. The molecule has 4 rings (SSSR count). The molecule has 1 aromatic heterocycles. The topological polar surface area (TPSA) is 91.6 Å². The Labute approximate surface area is 196 Å². The Morgan fingerprint density at radius 2 is 1.56 bits per heavy atom. The van der Waals surface area contributed by atoms with Gasteiger partial charge in [-0.2, -0.15) is 0 Å². The number of anilines is 1. The smallest absolute Gasteiger partial charge is 0.336 e. The van der Waals surface area contributed by atoms with E-state index >= 15 is 0 Å². The zero-order valence-corrected chi connectivity index (χ0v) is 19.4. The van der Waals surface area contributed by atoms with E-state index in [4.69, 9.17) is 9.47 Å².